The number of carbonyl (C=O) groups is 1. The molecule has 0 heterocycles. The largest absolute Gasteiger partial charge is 0.482 e. The third-order valence-electron chi connectivity index (χ3n) is 7.31. The first kappa shape index (κ1) is 34.7. The molecule has 0 saturated carbocycles. The summed E-state index contributed by atoms with van der Waals surface area (Å²) in [5.41, 5.74) is 8.30. The van der Waals surface area contributed by atoms with Crippen LogP contribution in [0.3, 0.4) is 0 Å². The Hall–Kier alpha value is -3.75. The van der Waals surface area contributed by atoms with Crippen LogP contribution < -0.4 is 9.47 Å². The Balaban J connectivity index is 1.91. The Labute approximate surface area is 265 Å². The molecule has 0 fully saturated rings. The third-order valence-corrected chi connectivity index (χ3v) is 7.31. The molecule has 236 valence electrons. The number of unbranched alkanes of at least 4 members (excludes halogenated alkanes) is 2. The average Bonchev–Trinajstić information content (AvgIpc) is 2.95. The lowest BCUT2D eigenvalue weighted by molar-refractivity contribution is -0.157. The molecule has 5 heteroatoms. The minimum absolute atomic E-state index is 0.125. The van der Waals surface area contributed by atoms with Crippen LogP contribution >= 0.6 is 0 Å². The van der Waals surface area contributed by atoms with Crippen LogP contribution in [0.4, 0.5) is 0 Å². The molecule has 0 saturated heterocycles. The Morgan fingerprint density at radius 3 is 2.16 bits per heavy atom. The minimum Gasteiger partial charge on any atom is -0.482 e. The van der Waals surface area contributed by atoms with Gasteiger partial charge in [-0.15, -0.1) is 0 Å². The maximum absolute atomic E-state index is 12.2. The summed E-state index contributed by atoms with van der Waals surface area (Å²) in [6.07, 6.45) is 5.53. The lowest BCUT2D eigenvalue weighted by Gasteiger charge is -2.20. The van der Waals surface area contributed by atoms with Gasteiger partial charge in [0.05, 0.1) is 5.56 Å². The van der Waals surface area contributed by atoms with Gasteiger partial charge in [0, 0.05) is 12.7 Å². The van der Waals surface area contributed by atoms with Crippen LogP contribution in [0, 0.1) is 25.7 Å². The summed E-state index contributed by atoms with van der Waals surface area (Å²) in [6, 6.07) is 16.9. The topological polar surface area (TPSA) is 54.0 Å². The lowest BCUT2D eigenvalue weighted by Crippen LogP contribution is -2.27. The second kappa shape index (κ2) is 16.4. The van der Waals surface area contributed by atoms with E-state index in [-0.39, 0.29) is 25.3 Å². The fourth-order valence-electron chi connectivity index (χ4n) is 5.12. The third kappa shape index (κ3) is 10.8. The molecule has 0 N–H and O–H groups in total. The molecule has 0 amide bonds. The smallest absolute Gasteiger partial charge is 0.344 e. The van der Waals surface area contributed by atoms with Crippen molar-refractivity contribution >= 4 is 5.97 Å². The van der Waals surface area contributed by atoms with Crippen molar-refractivity contribution in [2.24, 2.45) is 0 Å². The molecular formula is C39H50O5. The van der Waals surface area contributed by atoms with E-state index in [1.165, 1.54) is 30.4 Å². The summed E-state index contributed by atoms with van der Waals surface area (Å²) >= 11 is 0. The van der Waals surface area contributed by atoms with Gasteiger partial charge in [-0.25, -0.2) is 4.79 Å². The van der Waals surface area contributed by atoms with E-state index in [1.807, 2.05) is 32.9 Å². The summed E-state index contributed by atoms with van der Waals surface area (Å²) in [6.45, 7) is 16.3. The zero-order valence-corrected chi connectivity index (χ0v) is 28.2. The first-order valence-corrected chi connectivity index (χ1v) is 15.7. The Morgan fingerprint density at radius 2 is 1.57 bits per heavy atom. The molecule has 0 aromatic heterocycles. The Morgan fingerprint density at radius 1 is 0.886 bits per heavy atom. The van der Waals surface area contributed by atoms with Gasteiger partial charge in [-0.2, -0.15) is 0 Å². The van der Waals surface area contributed by atoms with Gasteiger partial charge in [-0.05, 0) is 124 Å². The van der Waals surface area contributed by atoms with E-state index in [1.54, 1.807) is 7.11 Å². The number of esters is 1. The molecule has 5 nitrogen and oxygen atoms in total. The van der Waals surface area contributed by atoms with Crippen LogP contribution in [0.25, 0.3) is 0 Å². The molecule has 3 aromatic rings. The summed E-state index contributed by atoms with van der Waals surface area (Å²) in [5.74, 6) is 8.07. The van der Waals surface area contributed by atoms with Crippen molar-refractivity contribution in [1.82, 2.24) is 0 Å². The maximum atomic E-state index is 12.2. The molecule has 0 radical (unpaired) electrons. The lowest BCUT2D eigenvalue weighted by atomic mass is 9.91. The molecule has 0 aliphatic rings. The molecule has 3 rings (SSSR count). The number of hydrogen-bond donors (Lipinski definition) is 0. The second-order valence-electron chi connectivity index (χ2n) is 12.8. The second-order valence-corrected chi connectivity index (χ2v) is 12.8. The maximum Gasteiger partial charge on any atom is 0.344 e. The van der Waals surface area contributed by atoms with Crippen molar-refractivity contribution in [2.45, 2.75) is 99.0 Å². The number of benzene rings is 3. The number of rotatable bonds is 13. The number of aryl methyl sites for hydroxylation is 3. The van der Waals surface area contributed by atoms with E-state index in [4.69, 9.17) is 18.9 Å². The van der Waals surface area contributed by atoms with Crippen LogP contribution in [-0.4, -0.2) is 32.1 Å². The number of carbonyl (C=O) groups excluding carboxylic acids is 1. The van der Waals surface area contributed by atoms with Crippen molar-refractivity contribution in [3.63, 3.8) is 0 Å². The van der Waals surface area contributed by atoms with Gasteiger partial charge in [0.2, 0.25) is 0 Å². The van der Waals surface area contributed by atoms with Crippen LogP contribution in [0.5, 0.6) is 11.5 Å². The monoisotopic (exact) mass is 598 g/mol. The highest BCUT2D eigenvalue weighted by Gasteiger charge is 2.18. The highest BCUT2D eigenvalue weighted by Crippen LogP contribution is 2.34. The summed E-state index contributed by atoms with van der Waals surface area (Å²) in [7, 11) is 1.63. The van der Waals surface area contributed by atoms with Gasteiger partial charge in [0.25, 0.3) is 0 Å². The van der Waals surface area contributed by atoms with E-state index in [9.17, 15) is 4.79 Å². The zero-order valence-electron chi connectivity index (χ0n) is 28.2. The van der Waals surface area contributed by atoms with Crippen molar-refractivity contribution in [2.75, 3.05) is 20.5 Å². The molecule has 44 heavy (non-hydrogen) atoms. The predicted octanol–water partition coefficient (Wildman–Crippen LogP) is 8.85. The molecule has 3 aromatic carbocycles. The fourth-order valence-corrected chi connectivity index (χ4v) is 5.12. The number of methoxy groups -OCH3 is 1. The average molecular weight is 599 g/mol. The summed E-state index contributed by atoms with van der Waals surface area (Å²) < 4.78 is 22.5. The molecule has 0 aliphatic heterocycles. The highest BCUT2D eigenvalue weighted by molar-refractivity contribution is 5.71. The van der Waals surface area contributed by atoms with E-state index in [0.717, 1.165) is 52.0 Å². The van der Waals surface area contributed by atoms with Crippen molar-refractivity contribution in [3.8, 4) is 23.3 Å². The van der Waals surface area contributed by atoms with E-state index < -0.39 is 5.60 Å². The van der Waals surface area contributed by atoms with Crippen molar-refractivity contribution in [1.29, 1.82) is 0 Å². The minimum atomic E-state index is -0.545. The number of ether oxygens (including phenoxy) is 4. The molecule has 0 aliphatic carbocycles. The summed E-state index contributed by atoms with van der Waals surface area (Å²) in [5, 5.41) is 0. The molecular weight excluding hydrogens is 548 g/mol. The predicted molar refractivity (Wildman–Crippen MR) is 179 cm³/mol. The SMILES string of the molecule is CCCCCc1ccc(C#Cc2cc(Cc3c(C)cc(OCC(=O)OC(C)(C)C)cc3C)cc(C(C)C)c2OCOC)cc1. The van der Waals surface area contributed by atoms with Gasteiger partial charge in [0.15, 0.2) is 13.4 Å². The molecule has 0 bridgehead atoms. The first-order chi connectivity index (χ1) is 20.9. The van der Waals surface area contributed by atoms with Gasteiger partial charge in [-0.1, -0.05) is 63.7 Å². The Bertz CT molecular complexity index is 1430. The van der Waals surface area contributed by atoms with Crippen LogP contribution in [-0.2, 0) is 27.1 Å². The van der Waals surface area contributed by atoms with Crippen LogP contribution in [0.1, 0.15) is 111 Å². The summed E-state index contributed by atoms with van der Waals surface area (Å²) in [4.78, 5) is 12.2. The normalized spacial score (nSPS) is 11.2. The number of hydrogen-bond acceptors (Lipinski definition) is 5. The van der Waals surface area contributed by atoms with E-state index >= 15 is 0 Å². The first-order valence-electron chi connectivity index (χ1n) is 15.7. The van der Waals surface area contributed by atoms with Crippen LogP contribution in [0.15, 0.2) is 48.5 Å². The fraction of sp³-hybridized carbons (Fsp3) is 0.462. The van der Waals surface area contributed by atoms with Gasteiger partial charge in [-0.3, -0.25) is 0 Å². The molecule has 0 spiro atoms. The van der Waals surface area contributed by atoms with Crippen molar-refractivity contribution in [3.05, 3.63) is 93.0 Å². The Kier molecular flexibility index (Phi) is 12.9. The standard InChI is InChI=1S/C39H50O5/c1-10-11-12-13-30-14-16-31(17-15-30)18-19-33-22-32(23-35(27(2)3)38(33)43-26-41-9)24-36-28(4)20-34(21-29(36)5)42-25-37(40)44-39(6,7)8/h14-17,20-23,27H,10-13,24-26H2,1-9H3. The van der Waals surface area contributed by atoms with Gasteiger partial charge in [0.1, 0.15) is 17.1 Å². The zero-order chi connectivity index (χ0) is 32.3. The highest BCUT2D eigenvalue weighted by atomic mass is 16.7. The van der Waals surface area contributed by atoms with Crippen molar-refractivity contribution < 1.29 is 23.7 Å². The quantitative estimate of drug-likeness (QED) is 0.0851. The van der Waals surface area contributed by atoms with Gasteiger partial charge >= 0.3 is 5.97 Å². The molecule has 0 atom stereocenters. The van der Waals surface area contributed by atoms with Gasteiger partial charge < -0.3 is 18.9 Å². The van der Waals surface area contributed by atoms with Crippen LogP contribution in [0.2, 0.25) is 0 Å². The molecule has 0 unspecified atom stereocenters. The van der Waals surface area contributed by atoms with E-state index in [2.05, 4.69) is 82.9 Å². The van der Waals surface area contributed by atoms with E-state index in [0.29, 0.717) is 5.75 Å².